The summed E-state index contributed by atoms with van der Waals surface area (Å²) in [4.78, 5) is 31.5. The molecule has 29 heavy (non-hydrogen) atoms. The lowest BCUT2D eigenvalue weighted by molar-refractivity contribution is -0.132. The van der Waals surface area contributed by atoms with Crippen LogP contribution in [0.2, 0.25) is 0 Å². The molecule has 2 amide bonds. The fourth-order valence-electron chi connectivity index (χ4n) is 4.02. The van der Waals surface area contributed by atoms with Gasteiger partial charge in [-0.2, -0.15) is 5.10 Å². The molecule has 0 radical (unpaired) electrons. The van der Waals surface area contributed by atoms with Crippen molar-refractivity contribution >= 4 is 22.7 Å². The summed E-state index contributed by atoms with van der Waals surface area (Å²) < 4.78 is 1.80. The number of aryl methyl sites for hydroxylation is 2. The fourth-order valence-corrected chi connectivity index (χ4v) is 4.02. The molecule has 4 rings (SSSR count). The standard InChI is InChI=1S/C22H25N5O2/c1-15-8-11-27(25-15)12-9-20(28)26-10-4-6-17(14-26)21-18(22(23)29)13-16-5-2-3-7-19(16)24-21/h2-3,5,7-8,11,13,17H,4,6,9-10,12,14H2,1H3,(H2,23,29)/t17-/m0/s1. The van der Waals surface area contributed by atoms with Crippen molar-refractivity contribution in [1.82, 2.24) is 19.7 Å². The number of amides is 2. The first-order valence-corrected chi connectivity index (χ1v) is 9.98. The molecule has 0 unspecified atom stereocenters. The Bertz CT molecular complexity index is 1060. The molecule has 1 saturated heterocycles. The zero-order valence-electron chi connectivity index (χ0n) is 16.5. The number of pyridine rings is 1. The molecule has 2 N–H and O–H groups in total. The van der Waals surface area contributed by atoms with Gasteiger partial charge in [0.15, 0.2) is 0 Å². The molecule has 1 aliphatic heterocycles. The predicted octanol–water partition coefficient (Wildman–Crippen LogP) is 2.63. The summed E-state index contributed by atoms with van der Waals surface area (Å²) in [5.74, 6) is -0.369. The zero-order chi connectivity index (χ0) is 20.4. The number of carbonyl (C=O) groups is 2. The Morgan fingerprint density at radius 1 is 1.24 bits per heavy atom. The normalized spacial score (nSPS) is 16.9. The van der Waals surface area contributed by atoms with E-state index < -0.39 is 5.91 Å². The lowest BCUT2D eigenvalue weighted by Gasteiger charge is -2.33. The number of hydrogen-bond donors (Lipinski definition) is 1. The lowest BCUT2D eigenvalue weighted by atomic mass is 9.90. The first-order valence-electron chi connectivity index (χ1n) is 9.98. The van der Waals surface area contributed by atoms with Crippen LogP contribution < -0.4 is 5.73 Å². The van der Waals surface area contributed by atoms with E-state index in [0.717, 1.165) is 36.0 Å². The van der Waals surface area contributed by atoms with E-state index in [1.807, 2.05) is 54.4 Å². The largest absolute Gasteiger partial charge is 0.366 e. The third kappa shape index (κ3) is 4.13. The van der Waals surface area contributed by atoms with Crippen molar-refractivity contribution in [2.75, 3.05) is 13.1 Å². The molecule has 1 aliphatic rings. The maximum atomic E-state index is 12.8. The Morgan fingerprint density at radius 2 is 2.07 bits per heavy atom. The van der Waals surface area contributed by atoms with E-state index in [2.05, 4.69) is 5.10 Å². The van der Waals surface area contributed by atoms with Crippen LogP contribution in [0.4, 0.5) is 0 Å². The first-order chi connectivity index (χ1) is 14.0. The number of aromatic nitrogens is 3. The van der Waals surface area contributed by atoms with Crippen LogP contribution in [0.5, 0.6) is 0 Å². The second-order valence-electron chi connectivity index (χ2n) is 7.63. The van der Waals surface area contributed by atoms with E-state index in [9.17, 15) is 9.59 Å². The number of nitrogens with two attached hydrogens (primary N) is 1. The number of para-hydroxylation sites is 1. The van der Waals surface area contributed by atoms with Gasteiger partial charge in [0.25, 0.3) is 5.91 Å². The Hall–Kier alpha value is -3.22. The second-order valence-corrected chi connectivity index (χ2v) is 7.63. The molecule has 3 heterocycles. The minimum absolute atomic E-state index is 0.00625. The van der Waals surface area contributed by atoms with Gasteiger partial charge in [0.05, 0.1) is 22.5 Å². The maximum absolute atomic E-state index is 12.8. The van der Waals surface area contributed by atoms with Gasteiger partial charge in [0, 0.05) is 43.6 Å². The Kier molecular flexibility index (Phi) is 5.29. The number of nitrogens with zero attached hydrogens (tertiary/aromatic N) is 4. The van der Waals surface area contributed by atoms with Crippen LogP contribution in [0, 0.1) is 6.92 Å². The maximum Gasteiger partial charge on any atom is 0.250 e. The van der Waals surface area contributed by atoms with Crippen molar-refractivity contribution in [3.05, 3.63) is 59.5 Å². The van der Waals surface area contributed by atoms with Crippen molar-refractivity contribution < 1.29 is 9.59 Å². The number of likely N-dealkylation sites (tertiary alicyclic amines) is 1. The van der Waals surface area contributed by atoms with Crippen molar-refractivity contribution in [3.8, 4) is 0 Å². The summed E-state index contributed by atoms with van der Waals surface area (Å²) in [7, 11) is 0. The van der Waals surface area contributed by atoms with E-state index in [1.54, 1.807) is 4.68 Å². The summed E-state index contributed by atoms with van der Waals surface area (Å²) in [5.41, 5.74) is 8.59. The molecule has 2 aromatic heterocycles. The van der Waals surface area contributed by atoms with Crippen LogP contribution in [-0.2, 0) is 11.3 Å². The van der Waals surface area contributed by atoms with Gasteiger partial charge in [0.1, 0.15) is 0 Å². The highest BCUT2D eigenvalue weighted by molar-refractivity contribution is 5.97. The first kappa shape index (κ1) is 19.1. The van der Waals surface area contributed by atoms with E-state index in [1.165, 1.54) is 0 Å². The van der Waals surface area contributed by atoms with Crippen LogP contribution >= 0.6 is 0 Å². The van der Waals surface area contributed by atoms with Crippen LogP contribution in [0.3, 0.4) is 0 Å². The number of primary amides is 1. The molecule has 1 atom stereocenters. The van der Waals surface area contributed by atoms with E-state index >= 15 is 0 Å². The molecule has 7 nitrogen and oxygen atoms in total. The van der Waals surface area contributed by atoms with Gasteiger partial charge in [-0.3, -0.25) is 19.3 Å². The molecule has 0 bridgehead atoms. The molecule has 0 saturated carbocycles. The van der Waals surface area contributed by atoms with E-state index in [-0.39, 0.29) is 11.8 Å². The molecule has 150 valence electrons. The molecule has 0 spiro atoms. The summed E-state index contributed by atoms with van der Waals surface area (Å²) in [6.07, 6.45) is 4.05. The third-order valence-electron chi connectivity index (χ3n) is 5.51. The Morgan fingerprint density at radius 3 is 2.83 bits per heavy atom. The summed E-state index contributed by atoms with van der Waals surface area (Å²) in [6.45, 7) is 3.78. The monoisotopic (exact) mass is 391 g/mol. The number of piperidine rings is 1. The molecule has 7 heteroatoms. The molecular formula is C22H25N5O2. The third-order valence-corrected chi connectivity index (χ3v) is 5.51. The molecule has 3 aromatic rings. The van der Waals surface area contributed by atoms with Crippen molar-refractivity contribution in [2.45, 2.75) is 38.6 Å². The predicted molar refractivity (Wildman–Crippen MR) is 110 cm³/mol. The average Bonchev–Trinajstić information content (AvgIpc) is 3.16. The van der Waals surface area contributed by atoms with E-state index in [0.29, 0.717) is 30.8 Å². The lowest BCUT2D eigenvalue weighted by Crippen LogP contribution is -2.40. The van der Waals surface area contributed by atoms with Crippen LogP contribution in [0.1, 0.15) is 46.9 Å². The fraction of sp³-hybridized carbons (Fsp3) is 0.364. The summed E-state index contributed by atoms with van der Waals surface area (Å²) in [6, 6.07) is 11.4. The van der Waals surface area contributed by atoms with Gasteiger partial charge in [-0.15, -0.1) is 0 Å². The number of benzene rings is 1. The number of fused-ring (bicyclic) bond motifs is 1. The number of carbonyl (C=O) groups excluding carboxylic acids is 2. The van der Waals surface area contributed by atoms with E-state index in [4.69, 9.17) is 10.7 Å². The van der Waals surface area contributed by atoms with Gasteiger partial charge in [-0.1, -0.05) is 18.2 Å². The highest BCUT2D eigenvalue weighted by Crippen LogP contribution is 2.30. The zero-order valence-corrected chi connectivity index (χ0v) is 16.5. The van der Waals surface area contributed by atoms with Crippen molar-refractivity contribution in [3.63, 3.8) is 0 Å². The number of rotatable bonds is 5. The second kappa shape index (κ2) is 8.03. The highest BCUT2D eigenvalue weighted by atomic mass is 16.2. The minimum Gasteiger partial charge on any atom is -0.366 e. The van der Waals surface area contributed by atoms with Gasteiger partial charge in [-0.25, -0.2) is 0 Å². The van der Waals surface area contributed by atoms with Crippen molar-refractivity contribution in [2.24, 2.45) is 5.73 Å². The minimum atomic E-state index is -0.476. The molecule has 1 fully saturated rings. The summed E-state index contributed by atoms with van der Waals surface area (Å²) in [5, 5.41) is 5.23. The van der Waals surface area contributed by atoms with Gasteiger partial charge >= 0.3 is 0 Å². The Labute approximate surface area is 169 Å². The van der Waals surface area contributed by atoms with Crippen LogP contribution in [0.15, 0.2) is 42.6 Å². The molecular weight excluding hydrogens is 366 g/mol. The van der Waals surface area contributed by atoms with Crippen LogP contribution in [-0.4, -0.2) is 44.6 Å². The molecule has 0 aliphatic carbocycles. The van der Waals surface area contributed by atoms with Crippen LogP contribution in [0.25, 0.3) is 10.9 Å². The highest BCUT2D eigenvalue weighted by Gasteiger charge is 2.28. The van der Waals surface area contributed by atoms with Gasteiger partial charge < -0.3 is 10.6 Å². The average molecular weight is 391 g/mol. The quantitative estimate of drug-likeness (QED) is 0.723. The molecule has 1 aromatic carbocycles. The Balaban J connectivity index is 1.52. The topological polar surface area (TPSA) is 94.1 Å². The summed E-state index contributed by atoms with van der Waals surface area (Å²) >= 11 is 0. The van der Waals surface area contributed by atoms with Crippen molar-refractivity contribution in [1.29, 1.82) is 0 Å². The SMILES string of the molecule is Cc1ccn(CCC(=O)N2CCC[C@H](c3nc4ccccc4cc3C(N)=O)C2)n1. The smallest absolute Gasteiger partial charge is 0.250 e. The van der Waals surface area contributed by atoms with Gasteiger partial charge in [0.2, 0.25) is 5.91 Å². The number of hydrogen-bond acceptors (Lipinski definition) is 4. The van der Waals surface area contributed by atoms with Gasteiger partial charge in [-0.05, 0) is 38.0 Å².